The molecule has 252 valence electrons. The first-order valence-electron chi connectivity index (χ1n) is 17.5. The molecule has 0 atom stereocenters. The van der Waals surface area contributed by atoms with Crippen molar-refractivity contribution in [1.82, 2.24) is 24.1 Å². The number of hydrogen-bond acceptors (Lipinski definition) is 5. The maximum Gasteiger partial charge on any atom is 0.328 e. The van der Waals surface area contributed by atoms with Crippen LogP contribution in [0.1, 0.15) is 0 Å². The van der Waals surface area contributed by atoms with Gasteiger partial charge in [0.1, 0.15) is 11.2 Å². The highest BCUT2D eigenvalue weighted by Crippen LogP contribution is 2.38. The van der Waals surface area contributed by atoms with Gasteiger partial charge in [-0.3, -0.25) is 9.13 Å². The first kappa shape index (κ1) is 30.7. The molecule has 10 rings (SSSR count). The number of furan rings is 1. The van der Waals surface area contributed by atoms with E-state index in [0.29, 0.717) is 17.5 Å². The summed E-state index contributed by atoms with van der Waals surface area (Å²) in [5.74, 6) is 1.75. The van der Waals surface area contributed by atoms with Crippen LogP contribution in [0.4, 0.5) is 0 Å². The number of benzene rings is 7. The number of nitrogens with zero attached hydrogens (tertiary/aromatic N) is 5. The third-order valence-corrected chi connectivity index (χ3v) is 10.2. The van der Waals surface area contributed by atoms with E-state index in [1.165, 1.54) is 5.39 Å². The second kappa shape index (κ2) is 12.0. The van der Waals surface area contributed by atoms with Crippen LogP contribution in [-0.2, 0) is 14.1 Å². The minimum atomic E-state index is -0.0519. The topological polar surface area (TPSA) is 78.7 Å². The van der Waals surface area contributed by atoms with Gasteiger partial charge in [-0.15, -0.1) is 0 Å². The Balaban J connectivity index is 1.12. The van der Waals surface area contributed by atoms with Crippen molar-refractivity contribution in [2.45, 2.75) is 0 Å². The van der Waals surface area contributed by atoms with Crippen LogP contribution in [0.2, 0.25) is 0 Å². The molecular formula is C46H31N5O2. The molecule has 7 heteroatoms. The number of hydrogen-bond donors (Lipinski definition) is 0. The first-order valence-corrected chi connectivity index (χ1v) is 17.5. The van der Waals surface area contributed by atoms with Gasteiger partial charge in [0.25, 0.3) is 0 Å². The molecule has 0 spiro atoms. The van der Waals surface area contributed by atoms with Gasteiger partial charge in [0.05, 0.1) is 11.0 Å². The molecular weight excluding hydrogens is 655 g/mol. The van der Waals surface area contributed by atoms with Crippen molar-refractivity contribution in [2.75, 3.05) is 0 Å². The summed E-state index contributed by atoms with van der Waals surface area (Å²) in [6.07, 6.45) is 0. The average molecular weight is 686 g/mol. The third-order valence-electron chi connectivity index (χ3n) is 10.2. The zero-order valence-corrected chi connectivity index (χ0v) is 29.0. The van der Waals surface area contributed by atoms with E-state index in [0.717, 1.165) is 77.3 Å². The number of imidazole rings is 1. The van der Waals surface area contributed by atoms with Crippen molar-refractivity contribution in [3.8, 4) is 56.4 Å². The fourth-order valence-electron chi connectivity index (χ4n) is 7.43. The summed E-state index contributed by atoms with van der Waals surface area (Å²) < 4.78 is 9.67. The van der Waals surface area contributed by atoms with E-state index in [1.807, 2.05) is 66.7 Å². The Morgan fingerprint density at radius 3 is 1.87 bits per heavy atom. The lowest BCUT2D eigenvalue weighted by Gasteiger charge is -2.13. The molecule has 7 nitrogen and oxygen atoms in total. The fraction of sp³-hybridized carbons (Fsp3) is 0.0435. The van der Waals surface area contributed by atoms with Crippen LogP contribution in [-0.4, -0.2) is 24.1 Å². The molecule has 0 N–H and O–H groups in total. The molecule has 7 aromatic carbocycles. The molecule has 0 aliphatic rings. The molecule has 0 saturated heterocycles. The summed E-state index contributed by atoms with van der Waals surface area (Å²) in [5, 5.41) is 4.47. The molecule has 3 aromatic heterocycles. The summed E-state index contributed by atoms with van der Waals surface area (Å²) in [5.41, 5.74) is 10.1. The van der Waals surface area contributed by atoms with Gasteiger partial charge in [0.15, 0.2) is 17.5 Å². The van der Waals surface area contributed by atoms with Crippen LogP contribution in [0.25, 0.3) is 100 Å². The summed E-state index contributed by atoms with van der Waals surface area (Å²) in [6.45, 7) is 0. The van der Waals surface area contributed by atoms with Crippen molar-refractivity contribution >= 4 is 43.7 Å². The van der Waals surface area contributed by atoms with E-state index in [2.05, 4.69) is 84.9 Å². The number of aryl methyl sites for hydroxylation is 2. The molecule has 0 saturated carbocycles. The Labute approximate surface area is 304 Å². The van der Waals surface area contributed by atoms with Gasteiger partial charge < -0.3 is 4.42 Å². The average Bonchev–Trinajstić information content (AvgIpc) is 3.68. The second-order valence-electron chi connectivity index (χ2n) is 13.4. The van der Waals surface area contributed by atoms with Gasteiger partial charge in [-0.05, 0) is 75.5 Å². The van der Waals surface area contributed by atoms with E-state index < -0.39 is 0 Å². The minimum absolute atomic E-state index is 0.0519. The van der Waals surface area contributed by atoms with Crippen LogP contribution < -0.4 is 5.69 Å². The molecule has 53 heavy (non-hydrogen) atoms. The monoisotopic (exact) mass is 685 g/mol. The predicted molar refractivity (Wildman–Crippen MR) is 214 cm³/mol. The Bertz CT molecular complexity index is 3120. The number of aromatic nitrogens is 5. The lowest BCUT2D eigenvalue weighted by molar-refractivity contribution is 0.669. The normalized spacial score (nSPS) is 11.7. The Hall–Kier alpha value is -7.12. The zero-order valence-electron chi connectivity index (χ0n) is 29.0. The lowest BCUT2D eigenvalue weighted by atomic mass is 9.97. The Kier molecular flexibility index (Phi) is 6.94. The predicted octanol–water partition coefficient (Wildman–Crippen LogP) is 10.4. The molecule has 0 aliphatic carbocycles. The molecule has 0 radical (unpaired) electrons. The maximum atomic E-state index is 12.6. The molecule has 0 aliphatic heterocycles. The fourth-order valence-corrected chi connectivity index (χ4v) is 7.43. The van der Waals surface area contributed by atoms with Gasteiger partial charge >= 0.3 is 5.69 Å². The summed E-state index contributed by atoms with van der Waals surface area (Å²) in [6, 6.07) is 51.7. The van der Waals surface area contributed by atoms with Crippen molar-refractivity contribution in [3.63, 3.8) is 0 Å². The SMILES string of the molecule is Cn1c(=O)n(C)c2cc(-c3cccc(-c4nc(-c5ccccc5)nc(-c5ccccc5-c5ccc6oc7cc8ccccc8cc7c6c5)n4)c3)ccc21. The largest absolute Gasteiger partial charge is 0.456 e. The summed E-state index contributed by atoms with van der Waals surface area (Å²) in [7, 11) is 3.60. The summed E-state index contributed by atoms with van der Waals surface area (Å²) in [4.78, 5) is 27.9. The van der Waals surface area contributed by atoms with Crippen LogP contribution >= 0.6 is 0 Å². The molecule has 10 aromatic rings. The van der Waals surface area contributed by atoms with Crippen LogP contribution in [0.15, 0.2) is 161 Å². The maximum absolute atomic E-state index is 12.6. The van der Waals surface area contributed by atoms with Gasteiger partial charge in [-0.1, -0.05) is 109 Å². The molecule has 0 bridgehead atoms. The molecule has 0 fully saturated rings. The van der Waals surface area contributed by atoms with Gasteiger partial charge in [-0.2, -0.15) is 0 Å². The zero-order chi connectivity index (χ0) is 35.6. The van der Waals surface area contributed by atoms with Crippen LogP contribution in [0, 0.1) is 0 Å². The van der Waals surface area contributed by atoms with E-state index >= 15 is 0 Å². The quantitative estimate of drug-likeness (QED) is 0.180. The van der Waals surface area contributed by atoms with Crippen LogP contribution in [0.3, 0.4) is 0 Å². The first-order chi connectivity index (χ1) is 26.0. The standard InChI is InChI=1S/C46H31N5O2/c1-50-39-21-19-32(26-40(39)51(2)46(50)52)29-15-10-16-34(23-29)44-47-43(28-11-4-3-5-12-28)48-45(49-44)36-18-9-8-17-35(36)33-20-22-41-37(25-33)38-24-30-13-6-7-14-31(30)27-42(38)53-41/h3-27H,1-2H3. The van der Waals surface area contributed by atoms with Crippen molar-refractivity contribution in [3.05, 3.63) is 162 Å². The van der Waals surface area contributed by atoms with Crippen molar-refractivity contribution in [1.29, 1.82) is 0 Å². The lowest BCUT2D eigenvalue weighted by Crippen LogP contribution is -2.19. The van der Waals surface area contributed by atoms with Crippen molar-refractivity contribution < 1.29 is 4.42 Å². The van der Waals surface area contributed by atoms with Crippen molar-refractivity contribution in [2.24, 2.45) is 14.1 Å². The van der Waals surface area contributed by atoms with E-state index in [9.17, 15) is 4.79 Å². The highest BCUT2D eigenvalue weighted by molar-refractivity contribution is 6.11. The van der Waals surface area contributed by atoms with E-state index in [-0.39, 0.29) is 5.69 Å². The van der Waals surface area contributed by atoms with Crippen LogP contribution in [0.5, 0.6) is 0 Å². The van der Waals surface area contributed by atoms with E-state index in [1.54, 1.807) is 23.2 Å². The second-order valence-corrected chi connectivity index (χ2v) is 13.4. The van der Waals surface area contributed by atoms with Gasteiger partial charge in [-0.25, -0.2) is 19.7 Å². The Morgan fingerprint density at radius 1 is 0.434 bits per heavy atom. The Morgan fingerprint density at radius 2 is 1.04 bits per heavy atom. The smallest absolute Gasteiger partial charge is 0.328 e. The molecule has 0 unspecified atom stereocenters. The highest BCUT2D eigenvalue weighted by Gasteiger charge is 2.18. The van der Waals surface area contributed by atoms with Gasteiger partial charge in [0.2, 0.25) is 0 Å². The third kappa shape index (κ3) is 5.13. The van der Waals surface area contributed by atoms with Gasteiger partial charge in [0, 0.05) is 41.6 Å². The molecule has 0 amide bonds. The number of rotatable bonds is 5. The number of fused-ring (bicyclic) bond motifs is 5. The minimum Gasteiger partial charge on any atom is -0.456 e. The molecule has 3 heterocycles. The van der Waals surface area contributed by atoms with E-state index in [4.69, 9.17) is 19.4 Å². The highest BCUT2D eigenvalue weighted by atomic mass is 16.3. The summed E-state index contributed by atoms with van der Waals surface area (Å²) >= 11 is 0.